The van der Waals surface area contributed by atoms with Gasteiger partial charge in [-0.25, -0.2) is 4.98 Å². The van der Waals surface area contributed by atoms with Gasteiger partial charge in [0.2, 0.25) is 5.95 Å². The molecule has 32 heavy (non-hydrogen) atoms. The van der Waals surface area contributed by atoms with E-state index in [-0.39, 0.29) is 0 Å². The maximum absolute atomic E-state index is 6.33. The van der Waals surface area contributed by atoms with E-state index in [0.717, 1.165) is 60.7 Å². The number of methoxy groups -OCH3 is 1. The van der Waals surface area contributed by atoms with Gasteiger partial charge in [-0.15, -0.1) is 0 Å². The topological polar surface area (TPSA) is 82.1 Å². The minimum atomic E-state index is 0.568. The van der Waals surface area contributed by atoms with Crippen LogP contribution in [0.2, 0.25) is 0 Å². The van der Waals surface area contributed by atoms with Crippen LogP contribution in [-0.4, -0.2) is 39.9 Å². The molecule has 1 aliphatic heterocycles. The molecule has 2 aromatic carbocycles. The Balaban J connectivity index is 1.43. The normalized spacial score (nSPS) is 14.8. The molecule has 4 aromatic rings. The molecule has 7 nitrogen and oxygen atoms in total. The first-order valence-corrected chi connectivity index (χ1v) is 11.1. The van der Waals surface area contributed by atoms with Crippen molar-refractivity contribution >= 4 is 22.8 Å². The second kappa shape index (κ2) is 8.49. The number of fused-ring (bicyclic) bond motifs is 1. The van der Waals surface area contributed by atoms with E-state index in [1.165, 1.54) is 5.56 Å². The van der Waals surface area contributed by atoms with E-state index in [2.05, 4.69) is 40.3 Å². The van der Waals surface area contributed by atoms with Gasteiger partial charge in [-0.05, 0) is 55.0 Å². The highest BCUT2D eigenvalue weighted by Crippen LogP contribution is 2.33. The number of ether oxygens (including phenoxy) is 1. The average molecular weight is 429 g/mol. The Labute approximate surface area is 187 Å². The van der Waals surface area contributed by atoms with E-state index in [1.54, 1.807) is 11.8 Å². The quantitative estimate of drug-likeness (QED) is 0.516. The summed E-state index contributed by atoms with van der Waals surface area (Å²) in [6.45, 7) is 1.88. The Morgan fingerprint density at radius 3 is 2.41 bits per heavy atom. The van der Waals surface area contributed by atoms with Crippen molar-refractivity contribution in [3.63, 3.8) is 0 Å². The first kappa shape index (κ1) is 20.3. The van der Waals surface area contributed by atoms with E-state index in [9.17, 15) is 0 Å². The van der Waals surface area contributed by atoms with Crippen molar-refractivity contribution in [1.82, 2.24) is 19.7 Å². The molecule has 164 valence electrons. The summed E-state index contributed by atoms with van der Waals surface area (Å²) in [6.07, 6.45) is 3.37. The third-order valence-electron chi connectivity index (χ3n) is 6.36. The van der Waals surface area contributed by atoms with Crippen molar-refractivity contribution in [3.05, 3.63) is 60.2 Å². The molecule has 0 unspecified atom stereocenters. The molecule has 2 N–H and O–H groups in total. The highest BCUT2D eigenvalue weighted by Gasteiger charge is 2.24. The van der Waals surface area contributed by atoms with Gasteiger partial charge in [0, 0.05) is 25.7 Å². The lowest BCUT2D eigenvalue weighted by Gasteiger charge is -2.32. The molecule has 3 heterocycles. The fraction of sp³-hybridized carbons (Fsp3) is 0.320. The van der Waals surface area contributed by atoms with Crippen LogP contribution in [0.25, 0.3) is 22.3 Å². The SMILES string of the molecule is COc1ccc(-c2nc(N3CCC(Cc4ccccc4)CC3)nc3nn(C)c(N)c23)cc1. The van der Waals surface area contributed by atoms with Gasteiger partial charge in [0.05, 0.1) is 18.2 Å². The lowest BCUT2D eigenvalue weighted by molar-refractivity contribution is 0.401. The minimum absolute atomic E-state index is 0.568. The predicted octanol–water partition coefficient (Wildman–Crippen LogP) is 4.08. The fourth-order valence-corrected chi connectivity index (χ4v) is 4.49. The molecule has 0 spiro atoms. The van der Waals surface area contributed by atoms with Crippen LogP contribution in [0.4, 0.5) is 11.8 Å². The number of hydrogen-bond acceptors (Lipinski definition) is 6. The number of benzene rings is 2. The van der Waals surface area contributed by atoms with Gasteiger partial charge in [-0.2, -0.15) is 10.1 Å². The Morgan fingerprint density at radius 1 is 1.00 bits per heavy atom. The third-order valence-corrected chi connectivity index (χ3v) is 6.36. The van der Waals surface area contributed by atoms with Crippen LogP contribution >= 0.6 is 0 Å². The van der Waals surface area contributed by atoms with E-state index in [1.807, 2.05) is 31.3 Å². The predicted molar refractivity (Wildman–Crippen MR) is 128 cm³/mol. The minimum Gasteiger partial charge on any atom is -0.497 e. The fourth-order valence-electron chi connectivity index (χ4n) is 4.49. The Kier molecular flexibility index (Phi) is 5.39. The van der Waals surface area contributed by atoms with Gasteiger partial charge < -0.3 is 15.4 Å². The van der Waals surface area contributed by atoms with Crippen molar-refractivity contribution < 1.29 is 4.74 Å². The van der Waals surface area contributed by atoms with Crippen molar-refractivity contribution in [1.29, 1.82) is 0 Å². The van der Waals surface area contributed by atoms with Crippen LogP contribution in [0.3, 0.4) is 0 Å². The number of aromatic nitrogens is 4. The first-order valence-electron chi connectivity index (χ1n) is 11.1. The van der Waals surface area contributed by atoms with Crippen LogP contribution in [0.1, 0.15) is 18.4 Å². The summed E-state index contributed by atoms with van der Waals surface area (Å²) in [6, 6.07) is 18.6. The van der Waals surface area contributed by atoms with Crippen molar-refractivity contribution in [2.45, 2.75) is 19.3 Å². The number of nitrogen functional groups attached to an aromatic ring is 1. The summed E-state index contributed by atoms with van der Waals surface area (Å²) in [5.41, 5.74) is 10.2. The molecule has 2 aromatic heterocycles. The molecule has 0 amide bonds. The molecule has 0 saturated carbocycles. The average Bonchev–Trinajstić information content (AvgIpc) is 3.13. The van der Waals surface area contributed by atoms with Crippen molar-refractivity contribution in [3.8, 4) is 17.0 Å². The standard InChI is InChI=1S/C25H28N6O/c1-30-23(26)21-22(19-8-10-20(32-2)11-9-19)27-25(28-24(21)29-30)31-14-12-18(13-15-31)16-17-6-4-3-5-7-17/h3-11,18H,12-16,26H2,1-2H3. The van der Waals surface area contributed by atoms with Gasteiger partial charge in [0.15, 0.2) is 5.65 Å². The van der Waals surface area contributed by atoms with Gasteiger partial charge in [-0.3, -0.25) is 4.68 Å². The summed E-state index contributed by atoms with van der Waals surface area (Å²) in [7, 11) is 3.50. The van der Waals surface area contributed by atoms with E-state index >= 15 is 0 Å². The Morgan fingerprint density at radius 2 is 1.72 bits per heavy atom. The number of nitrogens with two attached hydrogens (primary N) is 1. The van der Waals surface area contributed by atoms with E-state index < -0.39 is 0 Å². The zero-order valence-electron chi connectivity index (χ0n) is 18.5. The molecule has 1 fully saturated rings. The molecular weight excluding hydrogens is 400 g/mol. The number of hydrogen-bond donors (Lipinski definition) is 1. The maximum Gasteiger partial charge on any atom is 0.228 e. The maximum atomic E-state index is 6.33. The van der Waals surface area contributed by atoms with Crippen LogP contribution in [-0.2, 0) is 13.5 Å². The van der Waals surface area contributed by atoms with Crippen molar-refractivity contribution in [2.75, 3.05) is 30.8 Å². The number of aryl methyl sites for hydroxylation is 1. The number of anilines is 2. The molecule has 5 rings (SSSR count). The van der Waals surface area contributed by atoms with Crippen LogP contribution < -0.4 is 15.4 Å². The highest BCUT2D eigenvalue weighted by molar-refractivity contribution is 5.98. The Hall–Kier alpha value is -3.61. The summed E-state index contributed by atoms with van der Waals surface area (Å²) in [4.78, 5) is 12.0. The molecule has 0 atom stereocenters. The van der Waals surface area contributed by atoms with E-state index in [4.69, 9.17) is 20.4 Å². The van der Waals surface area contributed by atoms with Crippen molar-refractivity contribution in [2.24, 2.45) is 13.0 Å². The molecule has 1 aliphatic rings. The van der Waals surface area contributed by atoms with Crippen LogP contribution in [0, 0.1) is 5.92 Å². The molecule has 7 heteroatoms. The van der Waals surface area contributed by atoms with Crippen LogP contribution in [0.5, 0.6) is 5.75 Å². The highest BCUT2D eigenvalue weighted by atomic mass is 16.5. The number of rotatable bonds is 5. The molecule has 1 saturated heterocycles. The number of piperidine rings is 1. The molecule has 0 radical (unpaired) electrons. The van der Waals surface area contributed by atoms with Gasteiger partial charge in [0.1, 0.15) is 11.6 Å². The van der Waals surface area contributed by atoms with Crippen LogP contribution in [0.15, 0.2) is 54.6 Å². The Bertz CT molecular complexity index is 1210. The largest absolute Gasteiger partial charge is 0.497 e. The first-order chi connectivity index (χ1) is 15.6. The zero-order valence-corrected chi connectivity index (χ0v) is 18.5. The van der Waals surface area contributed by atoms with Gasteiger partial charge >= 0.3 is 0 Å². The summed E-state index contributed by atoms with van der Waals surface area (Å²) in [5.74, 6) is 2.78. The second-order valence-electron chi connectivity index (χ2n) is 8.43. The van der Waals surface area contributed by atoms with Gasteiger partial charge in [0.25, 0.3) is 0 Å². The second-order valence-corrected chi connectivity index (χ2v) is 8.43. The summed E-state index contributed by atoms with van der Waals surface area (Å²) < 4.78 is 6.98. The lowest BCUT2D eigenvalue weighted by atomic mass is 9.90. The van der Waals surface area contributed by atoms with E-state index in [0.29, 0.717) is 17.4 Å². The zero-order chi connectivity index (χ0) is 22.1. The smallest absolute Gasteiger partial charge is 0.228 e. The number of nitrogens with zero attached hydrogens (tertiary/aromatic N) is 5. The summed E-state index contributed by atoms with van der Waals surface area (Å²) >= 11 is 0. The molecule has 0 aliphatic carbocycles. The lowest BCUT2D eigenvalue weighted by Crippen LogP contribution is -2.35. The molecule has 0 bridgehead atoms. The monoisotopic (exact) mass is 428 g/mol. The summed E-state index contributed by atoms with van der Waals surface area (Å²) in [5, 5.41) is 5.34. The molecular formula is C25H28N6O. The van der Waals surface area contributed by atoms with Gasteiger partial charge in [-0.1, -0.05) is 30.3 Å². The third kappa shape index (κ3) is 3.86.